The Labute approximate surface area is 167 Å². The summed E-state index contributed by atoms with van der Waals surface area (Å²) in [5.74, 6) is -0.482. The van der Waals surface area contributed by atoms with E-state index >= 15 is 0 Å². The standard InChI is InChI=1S/C21H17N3O4S/c25-21(26)16-8-11-18-19(12-16)24-20(23-18)15-6-9-17(10-7-15)29(27,28)22-13-14-4-2-1-3-5-14/h1-12,22H,13H2,(H,23,24)(H,25,26). The third-order valence-electron chi connectivity index (χ3n) is 4.48. The summed E-state index contributed by atoms with van der Waals surface area (Å²) in [6.07, 6.45) is 0. The topological polar surface area (TPSA) is 112 Å². The molecule has 0 atom stereocenters. The van der Waals surface area contributed by atoms with Crippen molar-refractivity contribution in [3.8, 4) is 11.4 Å². The lowest BCUT2D eigenvalue weighted by atomic mass is 10.2. The Balaban J connectivity index is 1.55. The molecule has 29 heavy (non-hydrogen) atoms. The first kappa shape index (κ1) is 18.9. The molecule has 0 spiro atoms. The fourth-order valence-corrected chi connectivity index (χ4v) is 3.95. The quantitative estimate of drug-likeness (QED) is 0.453. The van der Waals surface area contributed by atoms with Crippen molar-refractivity contribution in [3.05, 3.63) is 83.9 Å². The normalized spacial score (nSPS) is 11.6. The maximum atomic E-state index is 12.5. The van der Waals surface area contributed by atoms with Crippen molar-refractivity contribution in [1.82, 2.24) is 14.7 Å². The van der Waals surface area contributed by atoms with Crippen LogP contribution in [0, 0.1) is 0 Å². The minimum absolute atomic E-state index is 0.154. The van der Waals surface area contributed by atoms with E-state index in [1.165, 1.54) is 24.3 Å². The van der Waals surface area contributed by atoms with Gasteiger partial charge in [-0.05, 0) is 48.0 Å². The van der Waals surface area contributed by atoms with Gasteiger partial charge in [-0.15, -0.1) is 0 Å². The molecule has 8 heteroatoms. The molecule has 1 heterocycles. The summed E-state index contributed by atoms with van der Waals surface area (Å²) in [7, 11) is -3.64. The van der Waals surface area contributed by atoms with Crippen LogP contribution in [0.25, 0.3) is 22.4 Å². The first-order chi connectivity index (χ1) is 13.9. The maximum absolute atomic E-state index is 12.5. The molecule has 3 N–H and O–H groups in total. The van der Waals surface area contributed by atoms with Gasteiger partial charge in [0, 0.05) is 12.1 Å². The van der Waals surface area contributed by atoms with Crippen LogP contribution in [0.3, 0.4) is 0 Å². The molecule has 4 aromatic rings. The van der Waals surface area contributed by atoms with Gasteiger partial charge < -0.3 is 10.1 Å². The Bertz CT molecular complexity index is 1280. The molecular weight excluding hydrogens is 390 g/mol. The highest BCUT2D eigenvalue weighted by molar-refractivity contribution is 7.89. The lowest BCUT2D eigenvalue weighted by Gasteiger charge is -2.07. The first-order valence-electron chi connectivity index (χ1n) is 8.79. The molecular formula is C21H17N3O4S. The number of sulfonamides is 1. The Morgan fingerprint density at radius 2 is 1.72 bits per heavy atom. The number of hydrogen-bond donors (Lipinski definition) is 3. The number of nitrogens with one attached hydrogen (secondary N) is 2. The number of carbonyl (C=O) groups is 1. The molecule has 0 saturated heterocycles. The number of fused-ring (bicyclic) bond motifs is 1. The molecule has 0 radical (unpaired) electrons. The molecule has 0 amide bonds. The van der Waals surface area contributed by atoms with Gasteiger partial charge >= 0.3 is 5.97 Å². The van der Waals surface area contributed by atoms with Crippen molar-refractivity contribution in [2.45, 2.75) is 11.4 Å². The summed E-state index contributed by atoms with van der Waals surface area (Å²) >= 11 is 0. The third-order valence-corrected chi connectivity index (χ3v) is 5.89. The van der Waals surface area contributed by atoms with E-state index in [1.807, 2.05) is 30.3 Å². The van der Waals surface area contributed by atoms with Gasteiger partial charge in [0.2, 0.25) is 10.0 Å². The van der Waals surface area contributed by atoms with Crippen LogP contribution in [0.1, 0.15) is 15.9 Å². The molecule has 4 rings (SSSR count). The highest BCUT2D eigenvalue weighted by atomic mass is 32.2. The zero-order valence-corrected chi connectivity index (χ0v) is 16.0. The second kappa shape index (κ2) is 7.50. The van der Waals surface area contributed by atoms with Crippen molar-refractivity contribution in [1.29, 1.82) is 0 Å². The molecule has 0 aliphatic carbocycles. The van der Waals surface area contributed by atoms with E-state index in [0.717, 1.165) is 5.56 Å². The number of benzene rings is 3. The van der Waals surface area contributed by atoms with E-state index in [2.05, 4.69) is 14.7 Å². The van der Waals surface area contributed by atoms with E-state index in [9.17, 15) is 13.2 Å². The summed E-state index contributed by atoms with van der Waals surface area (Å²) in [6, 6.07) is 20.3. The number of carboxylic acids is 1. The molecule has 1 aromatic heterocycles. The lowest BCUT2D eigenvalue weighted by Crippen LogP contribution is -2.23. The van der Waals surface area contributed by atoms with Crippen LogP contribution in [0.4, 0.5) is 0 Å². The minimum Gasteiger partial charge on any atom is -0.478 e. The monoisotopic (exact) mass is 407 g/mol. The molecule has 0 aliphatic rings. The number of rotatable bonds is 6. The smallest absolute Gasteiger partial charge is 0.335 e. The Kier molecular flexibility index (Phi) is 4.87. The number of imidazole rings is 1. The fraction of sp³-hybridized carbons (Fsp3) is 0.0476. The molecule has 146 valence electrons. The van der Waals surface area contributed by atoms with Crippen LogP contribution >= 0.6 is 0 Å². The Hall–Kier alpha value is -3.49. The van der Waals surface area contributed by atoms with Crippen molar-refractivity contribution in [3.63, 3.8) is 0 Å². The van der Waals surface area contributed by atoms with Crippen molar-refractivity contribution in [2.24, 2.45) is 0 Å². The van der Waals surface area contributed by atoms with E-state index in [-0.39, 0.29) is 17.0 Å². The average Bonchev–Trinajstić information content (AvgIpc) is 3.16. The number of H-pyrrole nitrogens is 1. The van der Waals surface area contributed by atoms with Gasteiger partial charge in [-0.2, -0.15) is 0 Å². The predicted octanol–water partition coefficient (Wildman–Crippen LogP) is 3.41. The van der Waals surface area contributed by atoms with Gasteiger partial charge in [0.05, 0.1) is 21.5 Å². The summed E-state index contributed by atoms with van der Waals surface area (Å²) in [5.41, 5.74) is 2.96. The summed E-state index contributed by atoms with van der Waals surface area (Å²) in [4.78, 5) is 18.8. The number of carboxylic acid groups (broad SMARTS) is 1. The molecule has 0 fully saturated rings. The van der Waals surface area contributed by atoms with Gasteiger partial charge in [0.25, 0.3) is 0 Å². The SMILES string of the molecule is O=C(O)c1ccc2nc(-c3ccc(S(=O)(=O)NCc4ccccc4)cc3)[nH]c2c1. The zero-order chi connectivity index (χ0) is 20.4. The third kappa shape index (κ3) is 4.03. The van der Waals surface area contributed by atoms with Gasteiger partial charge in [0.15, 0.2) is 0 Å². The van der Waals surface area contributed by atoms with E-state index in [4.69, 9.17) is 5.11 Å². The van der Waals surface area contributed by atoms with Crippen molar-refractivity contribution >= 4 is 27.0 Å². The maximum Gasteiger partial charge on any atom is 0.335 e. The minimum atomic E-state index is -3.64. The highest BCUT2D eigenvalue weighted by Crippen LogP contribution is 2.23. The van der Waals surface area contributed by atoms with E-state index < -0.39 is 16.0 Å². The zero-order valence-electron chi connectivity index (χ0n) is 15.2. The number of nitrogens with zero attached hydrogens (tertiary/aromatic N) is 1. The van der Waals surface area contributed by atoms with Crippen LogP contribution in [0.2, 0.25) is 0 Å². The average molecular weight is 407 g/mol. The van der Waals surface area contributed by atoms with Crippen LogP contribution < -0.4 is 4.72 Å². The number of hydrogen-bond acceptors (Lipinski definition) is 4. The number of aromatic amines is 1. The summed E-state index contributed by atoms with van der Waals surface area (Å²) in [5, 5.41) is 9.09. The predicted molar refractivity (Wildman–Crippen MR) is 109 cm³/mol. The molecule has 0 bridgehead atoms. The van der Waals surface area contributed by atoms with Crippen LogP contribution in [-0.4, -0.2) is 29.5 Å². The second-order valence-corrected chi connectivity index (χ2v) is 8.22. The molecule has 0 unspecified atom stereocenters. The number of aromatic carboxylic acids is 1. The van der Waals surface area contributed by atoms with Crippen molar-refractivity contribution < 1.29 is 18.3 Å². The van der Waals surface area contributed by atoms with Crippen LogP contribution in [-0.2, 0) is 16.6 Å². The van der Waals surface area contributed by atoms with Crippen LogP contribution in [0.15, 0.2) is 77.7 Å². The van der Waals surface area contributed by atoms with E-state index in [1.54, 1.807) is 18.2 Å². The molecule has 0 aliphatic heterocycles. The number of aromatic nitrogens is 2. The second-order valence-electron chi connectivity index (χ2n) is 6.46. The molecule has 0 saturated carbocycles. The lowest BCUT2D eigenvalue weighted by molar-refractivity contribution is 0.0697. The Morgan fingerprint density at radius 1 is 1.00 bits per heavy atom. The van der Waals surface area contributed by atoms with Crippen molar-refractivity contribution in [2.75, 3.05) is 0 Å². The fourth-order valence-electron chi connectivity index (χ4n) is 2.93. The van der Waals surface area contributed by atoms with Gasteiger partial charge in [0.1, 0.15) is 5.82 Å². The van der Waals surface area contributed by atoms with E-state index in [0.29, 0.717) is 22.4 Å². The van der Waals surface area contributed by atoms with Gasteiger partial charge in [-0.3, -0.25) is 0 Å². The summed E-state index contributed by atoms with van der Waals surface area (Å²) in [6.45, 7) is 0.209. The molecule has 7 nitrogen and oxygen atoms in total. The van der Waals surface area contributed by atoms with Crippen LogP contribution in [0.5, 0.6) is 0 Å². The highest BCUT2D eigenvalue weighted by Gasteiger charge is 2.15. The Morgan fingerprint density at radius 3 is 2.41 bits per heavy atom. The van der Waals surface area contributed by atoms with Gasteiger partial charge in [-0.1, -0.05) is 30.3 Å². The summed E-state index contributed by atoms with van der Waals surface area (Å²) < 4.78 is 27.6. The molecule has 3 aromatic carbocycles. The largest absolute Gasteiger partial charge is 0.478 e. The van der Waals surface area contributed by atoms with Gasteiger partial charge in [-0.25, -0.2) is 22.9 Å². The first-order valence-corrected chi connectivity index (χ1v) is 10.3.